The largest absolute Gasteiger partial charge is 0.338 e. The molecular formula is C17H16FN5OS. The molecule has 5 rings (SSSR count). The van der Waals surface area contributed by atoms with Crippen LogP contribution in [0.4, 0.5) is 4.39 Å². The Hall–Kier alpha value is -2.22. The molecule has 2 aliphatic carbocycles. The molecular weight excluding hydrogens is 341 g/mol. The second kappa shape index (κ2) is 5.94. The van der Waals surface area contributed by atoms with Crippen LogP contribution in [0.5, 0.6) is 0 Å². The molecule has 2 heterocycles. The van der Waals surface area contributed by atoms with Crippen LogP contribution in [0.2, 0.25) is 0 Å². The van der Waals surface area contributed by atoms with E-state index >= 15 is 0 Å². The third kappa shape index (κ3) is 3.06. The van der Waals surface area contributed by atoms with E-state index in [4.69, 9.17) is 4.52 Å². The molecule has 0 amide bonds. The molecule has 0 spiro atoms. The second-order valence-corrected chi connectivity index (χ2v) is 7.47. The smallest absolute Gasteiger partial charge is 0.237 e. The van der Waals surface area contributed by atoms with Crippen molar-refractivity contribution in [3.63, 3.8) is 0 Å². The van der Waals surface area contributed by atoms with Gasteiger partial charge in [0.05, 0.1) is 5.75 Å². The zero-order valence-corrected chi connectivity index (χ0v) is 14.2. The Morgan fingerprint density at radius 1 is 1.12 bits per heavy atom. The van der Waals surface area contributed by atoms with Gasteiger partial charge in [-0.3, -0.25) is 0 Å². The van der Waals surface area contributed by atoms with E-state index in [0.29, 0.717) is 29.4 Å². The van der Waals surface area contributed by atoms with Gasteiger partial charge in [0.1, 0.15) is 11.6 Å². The average molecular weight is 357 g/mol. The summed E-state index contributed by atoms with van der Waals surface area (Å²) in [5, 5.41) is 13.7. The van der Waals surface area contributed by atoms with Crippen LogP contribution in [0.25, 0.3) is 11.4 Å². The van der Waals surface area contributed by atoms with Crippen LogP contribution in [0.1, 0.15) is 49.4 Å². The molecule has 0 unspecified atom stereocenters. The van der Waals surface area contributed by atoms with E-state index in [1.165, 1.54) is 37.8 Å². The first-order valence-corrected chi connectivity index (χ1v) is 9.42. The van der Waals surface area contributed by atoms with Crippen molar-refractivity contribution in [3.05, 3.63) is 41.8 Å². The summed E-state index contributed by atoms with van der Waals surface area (Å²) >= 11 is 1.58. The van der Waals surface area contributed by atoms with Crippen LogP contribution in [0.15, 0.2) is 33.9 Å². The molecule has 25 heavy (non-hydrogen) atoms. The second-order valence-electron chi connectivity index (χ2n) is 6.52. The zero-order chi connectivity index (χ0) is 16.8. The van der Waals surface area contributed by atoms with Crippen molar-refractivity contribution in [2.75, 3.05) is 0 Å². The zero-order valence-electron chi connectivity index (χ0n) is 13.4. The molecule has 0 aliphatic heterocycles. The summed E-state index contributed by atoms with van der Waals surface area (Å²) in [6, 6.07) is 6.62. The number of halogens is 1. The number of benzene rings is 1. The summed E-state index contributed by atoms with van der Waals surface area (Å²) in [4.78, 5) is 4.39. The third-order valence-electron chi connectivity index (χ3n) is 4.44. The lowest BCUT2D eigenvalue weighted by molar-refractivity contribution is 0.391. The lowest BCUT2D eigenvalue weighted by Gasteiger charge is -2.06. The van der Waals surface area contributed by atoms with Crippen molar-refractivity contribution in [2.24, 2.45) is 0 Å². The van der Waals surface area contributed by atoms with Crippen LogP contribution >= 0.6 is 11.8 Å². The maximum absolute atomic E-state index is 13.0. The molecule has 2 aromatic heterocycles. The number of aromatic nitrogens is 5. The summed E-state index contributed by atoms with van der Waals surface area (Å²) in [6.07, 6.45) is 4.86. The van der Waals surface area contributed by atoms with E-state index in [1.807, 2.05) is 0 Å². The van der Waals surface area contributed by atoms with Gasteiger partial charge < -0.3 is 9.09 Å². The molecule has 6 nitrogen and oxygen atoms in total. The topological polar surface area (TPSA) is 69.6 Å². The van der Waals surface area contributed by atoms with E-state index in [-0.39, 0.29) is 5.82 Å². The minimum Gasteiger partial charge on any atom is -0.338 e. The Kier molecular flexibility index (Phi) is 3.58. The fraction of sp³-hybridized carbons (Fsp3) is 0.412. The van der Waals surface area contributed by atoms with E-state index in [2.05, 4.69) is 24.9 Å². The summed E-state index contributed by atoms with van der Waals surface area (Å²) in [5.41, 5.74) is 0.735. The van der Waals surface area contributed by atoms with Gasteiger partial charge in [-0.1, -0.05) is 16.9 Å². The number of nitrogens with zero attached hydrogens (tertiary/aromatic N) is 5. The Morgan fingerprint density at radius 2 is 1.92 bits per heavy atom. The van der Waals surface area contributed by atoms with Crippen LogP contribution in [-0.2, 0) is 5.75 Å². The highest BCUT2D eigenvalue weighted by atomic mass is 32.2. The van der Waals surface area contributed by atoms with Crippen molar-refractivity contribution < 1.29 is 8.91 Å². The number of rotatable bonds is 6. The fourth-order valence-electron chi connectivity index (χ4n) is 2.84. The third-order valence-corrected chi connectivity index (χ3v) is 5.37. The molecule has 8 heteroatoms. The molecule has 128 valence electrons. The molecule has 0 atom stereocenters. The van der Waals surface area contributed by atoms with Crippen molar-refractivity contribution in [1.82, 2.24) is 24.9 Å². The van der Waals surface area contributed by atoms with E-state index in [1.54, 1.807) is 23.9 Å². The predicted octanol–water partition coefficient (Wildman–Crippen LogP) is 3.97. The van der Waals surface area contributed by atoms with Crippen molar-refractivity contribution in [3.8, 4) is 11.4 Å². The summed E-state index contributed by atoms with van der Waals surface area (Å²) in [5.74, 6) is 3.00. The minimum atomic E-state index is -0.283. The molecule has 0 bridgehead atoms. The first kappa shape index (κ1) is 15.1. The molecule has 0 saturated heterocycles. The molecule has 0 radical (unpaired) electrons. The van der Waals surface area contributed by atoms with Crippen molar-refractivity contribution in [1.29, 1.82) is 0 Å². The fourth-order valence-corrected chi connectivity index (χ4v) is 3.69. The van der Waals surface area contributed by atoms with Gasteiger partial charge in [0.2, 0.25) is 11.7 Å². The number of hydrogen-bond acceptors (Lipinski definition) is 6. The van der Waals surface area contributed by atoms with Crippen molar-refractivity contribution >= 4 is 11.8 Å². The molecule has 1 aromatic carbocycles. The highest BCUT2D eigenvalue weighted by molar-refractivity contribution is 7.98. The van der Waals surface area contributed by atoms with Gasteiger partial charge >= 0.3 is 0 Å². The maximum Gasteiger partial charge on any atom is 0.237 e. The van der Waals surface area contributed by atoms with Gasteiger partial charge in [0.15, 0.2) is 5.16 Å². The van der Waals surface area contributed by atoms with Crippen LogP contribution < -0.4 is 0 Å². The highest BCUT2D eigenvalue weighted by Gasteiger charge is 2.36. The summed E-state index contributed by atoms with van der Waals surface area (Å²) in [6.45, 7) is 0. The first-order valence-electron chi connectivity index (χ1n) is 8.44. The van der Waals surface area contributed by atoms with Gasteiger partial charge in [0, 0.05) is 17.5 Å². The van der Waals surface area contributed by atoms with E-state index < -0.39 is 0 Å². The van der Waals surface area contributed by atoms with E-state index in [0.717, 1.165) is 16.5 Å². The van der Waals surface area contributed by atoms with Gasteiger partial charge in [0.25, 0.3) is 0 Å². The molecule has 3 aromatic rings. The normalized spacial score (nSPS) is 17.2. The lowest BCUT2D eigenvalue weighted by Crippen LogP contribution is -2.01. The van der Waals surface area contributed by atoms with Crippen LogP contribution in [0, 0.1) is 5.82 Å². The SMILES string of the molecule is Fc1ccc(-c2noc(CSc3nnc(C4CC4)n3C3CC3)n2)cc1. The standard InChI is InChI=1S/C17H16FN5OS/c18-12-5-3-10(4-6-12)15-19-14(24-22-15)9-25-17-21-20-16(11-1-2-11)23(17)13-7-8-13/h3-6,11,13H,1-2,7-9H2. The van der Waals surface area contributed by atoms with Crippen molar-refractivity contribution in [2.45, 2.75) is 48.6 Å². The lowest BCUT2D eigenvalue weighted by atomic mass is 10.2. The first-order chi connectivity index (χ1) is 12.3. The summed E-state index contributed by atoms with van der Waals surface area (Å²) in [7, 11) is 0. The Bertz CT molecular complexity index is 898. The number of hydrogen-bond donors (Lipinski definition) is 0. The summed E-state index contributed by atoms with van der Waals surface area (Å²) < 4.78 is 20.6. The van der Waals surface area contributed by atoms with E-state index in [9.17, 15) is 4.39 Å². The van der Waals surface area contributed by atoms with Gasteiger partial charge in [-0.25, -0.2) is 4.39 Å². The van der Waals surface area contributed by atoms with Gasteiger partial charge in [-0.2, -0.15) is 4.98 Å². The Labute approximate surface area is 147 Å². The highest BCUT2D eigenvalue weighted by Crippen LogP contribution is 2.46. The predicted molar refractivity (Wildman–Crippen MR) is 89.5 cm³/mol. The van der Waals surface area contributed by atoms with Gasteiger partial charge in [-0.15, -0.1) is 10.2 Å². The Morgan fingerprint density at radius 3 is 2.64 bits per heavy atom. The van der Waals surface area contributed by atoms with Crippen LogP contribution in [-0.4, -0.2) is 24.9 Å². The van der Waals surface area contributed by atoms with Gasteiger partial charge in [-0.05, 0) is 49.9 Å². The monoisotopic (exact) mass is 357 g/mol. The number of thioether (sulfide) groups is 1. The molecule has 2 fully saturated rings. The maximum atomic E-state index is 13.0. The molecule has 0 N–H and O–H groups in total. The minimum absolute atomic E-state index is 0.283. The quantitative estimate of drug-likeness (QED) is 0.622. The van der Waals surface area contributed by atoms with Crippen LogP contribution in [0.3, 0.4) is 0 Å². The average Bonchev–Trinajstić information content (AvgIpc) is 3.55. The molecule has 2 saturated carbocycles. The Balaban J connectivity index is 1.31. The molecule has 2 aliphatic rings.